The first kappa shape index (κ1) is 17.8. The van der Waals surface area contributed by atoms with Gasteiger partial charge in [0.05, 0.1) is 12.1 Å². The molecule has 8 heteroatoms. The van der Waals surface area contributed by atoms with E-state index in [9.17, 15) is 9.59 Å². The molecule has 0 spiro atoms. The Bertz CT molecular complexity index is 712. The molecule has 0 saturated carbocycles. The normalized spacial score (nSPS) is 11.0. The summed E-state index contributed by atoms with van der Waals surface area (Å²) in [5, 5.41) is 0.356. The Labute approximate surface area is 144 Å². The van der Waals surface area contributed by atoms with Gasteiger partial charge in [-0.1, -0.05) is 17.7 Å². The van der Waals surface area contributed by atoms with Gasteiger partial charge in [0, 0.05) is 18.6 Å². The van der Waals surface area contributed by atoms with Gasteiger partial charge in [-0.05, 0) is 32.4 Å². The maximum absolute atomic E-state index is 12.5. The number of aromatic nitrogens is 3. The van der Waals surface area contributed by atoms with E-state index >= 15 is 0 Å². The van der Waals surface area contributed by atoms with Crippen molar-refractivity contribution in [2.24, 2.45) is 0 Å². The molecule has 2 heterocycles. The van der Waals surface area contributed by atoms with E-state index in [1.54, 1.807) is 39.1 Å². The Morgan fingerprint density at radius 1 is 1.21 bits per heavy atom. The second kappa shape index (κ2) is 7.35. The first-order valence-corrected chi connectivity index (χ1v) is 7.54. The van der Waals surface area contributed by atoms with Crippen molar-refractivity contribution in [2.75, 3.05) is 4.90 Å². The van der Waals surface area contributed by atoms with Crippen LogP contribution in [0.1, 0.15) is 36.7 Å². The highest BCUT2D eigenvalue weighted by molar-refractivity contribution is 6.29. The predicted molar refractivity (Wildman–Crippen MR) is 89.1 cm³/mol. The first-order chi connectivity index (χ1) is 11.3. The number of ether oxygens (including phenoxy) is 1. The van der Waals surface area contributed by atoms with Crippen LogP contribution in [0.15, 0.2) is 30.7 Å². The van der Waals surface area contributed by atoms with E-state index in [-0.39, 0.29) is 12.5 Å². The third kappa shape index (κ3) is 4.99. The Hall–Kier alpha value is -2.54. The van der Waals surface area contributed by atoms with E-state index in [0.29, 0.717) is 17.0 Å². The molecule has 2 aromatic heterocycles. The number of pyridine rings is 1. The number of carbonyl (C=O) groups excluding carboxylic acids is 2. The van der Waals surface area contributed by atoms with Gasteiger partial charge in [-0.3, -0.25) is 4.79 Å². The van der Waals surface area contributed by atoms with Gasteiger partial charge in [-0.15, -0.1) is 0 Å². The van der Waals surface area contributed by atoms with Gasteiger partial charge in [0.2, 0.25) is 5.95 Å². The van der Waals surface area contributed by atoms with E-state index in [2.05, 4.69) is 15.0 Å². The molecule has 2 rings (SSSR count). The monoisotopic (exact) mass is 348 g/mol. The summed E-state index contributed by atoms with van der Waals surface area (Å²) in [5.74, 6) is 0.129. The molecule has 1 amide bonds. The molecule has 0 saturated heterocycles. The van der Waals surface area contributed by atoms with Gasteiger partial charge in [-0.2, -0.15) is 0 Å². The average Bonchev–Trinajstić information content (AvgIpc) is 2.53. The van der Waals surface area contributed by atoms with E-state index in [1.807, 2.05) is 0 Å². The van der Waals surface area contributed by atoms with Crippen LogP contribution in [0.2, 0.25) is 5.15 Å². The number of hydrogen-bond acceptors (Lipinski definition) is 6. The number of carbonyl (C=O) groups is 2. The number of anilines is 1. The number of aldehydes is 1. The van der Waals surface area contributed by atoms with Crippen molar-refractivity contribution < 1.29 is 14.3 Å². The number of rotatable bonds is 4. The van der Waals surface area contributed by atoms with Crippen LogP contribution in [0.3, 0.4) is 0 Å². The van der Waals surface area contributed by atoms with Gasteiger partial charge in [0.1, 0.15) is 10.8 Å². The number of nitrogens with zero attached hydrogens (tertiary/aromatic N) is 4. The standard InChI is InChI=1S/C16H17ClN4O3/c1-16(2,3)24-15(23)21(9-11-4-5-13(17)18-6-11)14-19-7-12(10-22)8-20-14/h4-8,10H,9H2,1-3H3. The van der Waals surface area contributed by atoms with Crippen molar-refractivity contribution in [2.45, 2.75) is 32.9 Å². The lowest BCUT2D eigenvalue weighted by Crippen LogP contribution is -2.37. The zero-order valence-electron chi connectivity index (χ0n) is 13.6. The second-order valence-corrected chi connectivity index (χ2v) is 6.38. The highest BCUT2D eigenvalue weighted by Crippen LogP contribution is 2.17. The van der Waals surface area contributed by atoms with E-state index in [4.69, 9.17) is 16.3 Å². The van der Waals surface area contributed by atoms with Crippen molar-refractivity contribution in [3.8, 4) is 0 Å². The first-order valence-electron chi connectivity index (χ1n) is 7.16. The summed E-state index contributed by atoms with van der Waals surface area (Å²) in [5.41, 5.74) is 0.375. The predicted octanol–water partition coefficient (Wildman–Crippen LogP) is 3.28. The van der Waals surface area contributed by atoms with E-state index in [0.717, 1.165) is 5.56 Å². The molecule has 0 unspecified atom stereocenters. The Morgan fingerprint density at radius 3 is 2.38 bits per heavy atom. The number of hydrogen-bond donors (Lipinski definition) is 0. The van der Waals surface area contributed by atoms with Crippen LogP contribution in [-0.4, -0.2) is 32.9 Å². The molecule has 0 atom stereocenters. The summed E-state index contributed by atoms with van der Waals surface area (Å²) in [7, 11) is 0. The van der Waals surface area contributed by atoms with Crippen LogP contribution in [0.25, 0.3) is 0 Å². The largest absolute Gasteiger partial charge is 0.443 e. The molecule has 24 heavy (non-hydrogen) atoms. The lowest BCUT2D eigenvalue weighted by Gasteiger charge is -2.26. The SMILES string of the molecule is CC(C)(C)OC(=O)N(Cc1ccc(Cl)nc1)c1ncc(C=O)cn1. The number of halogens is 1. The quantitative estimate of drug-likeness (QED) is 0.622. The van der Waals surface area contributed by atoms with Crippen LogP contribution < -0.4 is 4.90 Å². The summed E-state index contributed by atoms with van der Waals surface area (Å²) in [4.78, 5) is 36.6. The highest BCUT2D eigenvalue weighted by Gasteiger charge is 2.25. The third-order valence-corrected chi connectivity index (χ3v) is 3.00. The van der Waals surface area contributed by atoms with Crippen molar-refractivity contribution in [3.05, 3.63) is 47.0 Å². The Balaban J connectivity index is 2.30. The summed E-state index contributed by atoms with van der Waals surface area (Å²) >= 11 is 5.77. The minimum Gasteiger partial charge on any atom is -0.443 e. The fraction of sp³-hybridized carbons (Fsp3) is 0.312. The number of amides is 1. The van der Waals surface area contributed by atoms with Gasteiger partial charge < -0.3 is 4.74 Å². The molecule has 0 aliphatic heterocycles. The van der Waals surface area contributed by atoms with Crippen molar-refractivity contribution in [3.63, 3.8) is 0 Å². The maximum atomic E-state index is 12.5. The summed E-state index contributed by atoms with van der Waals surface area (Å²) in [6, 6.07) is 3.37. The van der Waals surface area contributed by atoms with E-state index in [1.165, 1.54) is 17.3 Å². The van der Waals surface area contributed by atoms with Crippen LogP contribution >= 0.6 is 11.6 Å². The zero-order chi connectivity index (χ0) is 17.7. The third-order valence-electron chi connectivity index (χ3n) is 2.78. The molecule has 0 fully saturated rings. The summed E-state index contributed by atoms with van der Waals surface area (Å²) < 4.78 is 5.40. The lowest BCUT2D eigenvalue weighted by atomic mass is 10.2. The molecule has 0 aliphatic carbocycles. The molecule has 0 N–H and O–H groups in total. The summed E-state index contributed by atoms with van der Waals surface area (Å²) in [6.07, 6.45) is 4.26. The minimum absolute atomic E-state index is 0.129. The molecule has 0 bridgehead atoms. The Kier molecular flexibility index (Phi) is 5.46. The van der Waals surface area contributed by atoms with Crippen molar-refractivity contribution in [1.82, 2.24) is 15.0 Å². The van der Waals surface area contributed by atoms with Gasteiger partial charge in [-0.25, -0.2) is 24.6 Å². The maximum Gasteiger partial charge on any atom is 0.417 e. The van der Waals surface area contributed by atoms with Gasteiger partial charge in [0.25, 0.3) is 0 Å². The molecular formula is C16H17ClN4O3. The fourth-order valence-electron chi connectivity index (χ4n) is 1.75. The Morgan fingerprint density at radius 2 is 1.88 bits per heavy atom. The summed E-state index contributed by atoms with van der Waals surface area (Å²) in [6.45, 7) is 5.45. The molecule has 126 valence electrons. The van der Waals surface area contributed by atoms with Crippen LogP contribution in [0.4, 0.5) is 10.7 Å². The molecule has 2 aromatic rings. The topological polar surface area (TPSA) is 85.3 Å². The highest BCUT2D eigenvalue weighted by atomic mass is 35.5. The van der Waals surface area contributed by atoms with Crippen LogP contribution in [-0.2, 0) is 11.3 Å². The minimum atomic E-state index is -0.670. The molecule has 0 aliphatic rings. The van der Waals surface area contributed by atoms with Crippen LogP contribution in [0, 0.1) is 0 Å². The average molecular weight is 349 g/mol. The smallest absolute Gasteiger partial charge is 0.417 e. The van der Waals surface area contributed by atoms with Crippen molar-refractivity contribution >= 4 is 29.9 Å². The second-order valence-electron chi connectivity index (χ2n) is 5.99. The molecule has 7 nitrogen and oxygen atoms in total. The lowest BCUT2D eigenvalue weighted by molar-refractivity contribution is 0.0575. The van der Waals surface area contributed by atoms with Gasteiger partial charge >= 0.3 is 6.09 Å². The zero-order valence-corrected chi connectivity index (χ0v) is 14.3. The van der Waals surface area contributed by atoms with Gasteiger partial charge in [0.15, 0.2) is 6.29 Å². The van der Waals surface area contributed by atoms with Crippen LogP contribution in [0.5, 0.6) is 0 Å². The van der Waals surface area contributed by atoms with E-state index < -0.39 is 11.7 Å². The fourth-order valence-corrected chi connectivity index (χ4v) is 1.86. The molecule has 0 aromatic carbocycles. The molecular weight excluding hydrogens is 332 g/mol. The molecule has 0 radical (unpaired) electrons. The van der Waals surface area contributed by atoms with Crippen molar-refractivity contribution in [1.29, 1.82) is 0 Å².